The van der Waals surface area contributed by atoms with Gasteiger partial charge in [0.1, 0.15) is 23.9 Å². The first kappa shape index (κ1) is 15.7. The fourth-order valence-electron chi connectivity index (χ4n) is 2.12. The van der Waals surface area contributed by atoms with Crippen molar-refractivity contribution in [2.24, 2.45) is 12.0 Å². The maximum atomic E-state index is 4.16. The van der Waals surface area contributed by atoms with Gasteiger partial charge in [0.25, 0.3) is 0 Å². The van der Waals surface area contributed by atoms with E-state index in [1.54, 1.807) is 19.0 Å². The number of rotatable bonds is 0. The molecule has 4 rings (SSSR count). The number of hydrogen-bond acceptors (Lipinski definition) is 6. The first-order valence-corrected chi connectivity index (χ1v) is 6.58. The van der Waals surface area contributed by atoms with Crippen LogP contribution in [0.1, 0.15) is 24.5 Å². The van der Waals surface area contributed by atoms with Gasteiger partial charge < -0.3 is 4.57 Å². The molecular formula is C15H19N7. The molecule has 0 N–H and O–H groups in total. The molecule has 0 saturated carbocycles. The molecule has 3 aromatic rings. The lowest BCUT2D eigenvalue weighted by Crippen LogP contribution is -1.90. The van der Waals surface area contributed by atoms with Crippen LogP contribution in [-0.4, -0.2) is 35.7 Å². The number of nitrogens with zero attached hydrogens (tertiary/aromatic N) is 7. The summed E-state index contributed by atoms with van der Waals surface area (Å²) in [4.78, 5) is 24.5. The minimum absolute atomic E-state index is 0. The molecule has 7 heteroatoms. The highest BCUT2D eigenvalue weighted by Crippen LogP contribution is 2.23. The zero-order valence-corrected chi connectivity index (χ0v) is 12.1. The largest absolute Gasteiger partial charge is 0.318 e. The Balaban J connectivity index is 0.000000154. The van der Waals surface area contributed by atoms with Crippen molar-refractivity contribution in [2.75, 3.05) is 0 Å². The molecule has 0 unspecified atom stereocenters. The lowest BCUT2D eigenvalue weighted by Gasteiger charge is -1.96. The fourth-order valence-corrected chi connectivity index (χ4v) is 2.12. The molecule has 0 spiro atoms. The van der Waals surface area contributed by atoms with Crippen LogP contribution in [0.5, 0.6) is 0 Å². The predicted octanol–water partition coefficient (Wildman–Crippen LogP) is 2.35. The second kappa shape index (κ2) is 6.38. The fraction of sp³-hybridized carbons (Fsp3) is 0.333. The van der Waals surface area contributed by atoms with Crippen molar-refractivity contribution in [3.05, 3.63) is 36.1 Å². The van der Waals surface area contributed by atoms with Crippen LogP contribution in [-0.2, 0) is 13.5 Å². The number of hydrogen-bond donors (Lipinski definition) is 0. The van der Waals surface area contributed by atoms with E-state index in [1.165, 1.54) is 0 Å². The number of fused-ring (bicyclic) bond motifs is 2. The normalized spacial score (nSPS) is 11.6. The van der Waals surface area contributed by atoms with E-state index >= 15 is 0 Å². The van der Waals surface area contributed by atoms with Crippen molar-refractivity contribution in [3.8, 4) is 0 Å². The Kier molecular flexibility index (Phi) is 4.55. The lowest BCUT2D eigenvalue weighted by molar-refractivity contribution is 0.927. The van der Waals surface area contributed by atoms with Gasteiger partial charge in [-0.1, -0.05) is 7.43 Å². The highest BCUT2D eigenvalue weighted by molar-refractivity contribution is 5.75. The topological polar surface area (TPSA) is 81.7 Å². The van der Waals surface area contributed by atoms with Gasteiger partial charge in [-0.3, -0.25) is 4.99 Å². The third kappa shape index (κ3) is 2.83. The number of aromatic nitrogens is 6. The van der Waals surface area contributed by atoms with Gasteiger partial charge in [-0.15, -0.1) is 0 Å². The van der Waals surface area contributed by atoms with E-state index < -0.39 is 0 Å². The Morgan fingerprint density at radius 3 is 2.41 bits per heavy atom. The van der Waals surface area contributed by atoms with Crippen molar-refractivity contribution in [1.82, 2.24) is 29.5 Å². The summed E-state index contributed by atoms with van der Waals surface area (Å²) in [7, 11) is 1.92. The summed E-state index contributed by atoms with van der Waals surface area (Å²) in [6.07, 6.45) is 7.61. The number of imidazole rings is 1. The van der Waals surface area contributed by atoms with Gasteiger partial charge in [-0.05, 0) is 13.8 Å². The zero-order chi connectivity index (χ0) is 14.8. The molecule has 0 amide bonds. The van der Waals surface area contributed by atoms with Crippen LogP contribution >= 0.6 is 0 Å². The molecule has 7 nitrogen and oxygen atoms in total. The third-order valence-electron chi connectivity index (χ3n) is 3.27. The van der Waals surface area contributed by atoms with Gasteiger partial charge in [-0.2, -0.15) is 0 Å². The molecule has 0 fully saturated rings. The Labute approximate surface area is 129 Å². The molecule has 0 radical (unpaired) electrons. The zero-order valence-electron chi connectivity index (χ0n) is 12.1. The van der Waals surface area contributed by atoms with Crippen molar-refractivity contribution in [1.29, 1.82) is 0 Å². The molecule has 0 atom stereocenters. The SMILES string of the molecule is C.Cc1ncnc2c1N=CC2.Cc1ncnc2c1ncn2C. The smallest absolute Gasteiger partial charge is 0.163 e. The number of aliphatic imine (C=N–C) groups is 1. The minimum Gasteiger partial charge on any atom is -0.318 e. The van der Waals surface area contributed by atoms with Crippen molar-refractivity contribution in [3.63, 3.8) is 0 Å². The van der Waals surface area contributed by atoms with Gasteiger partial charge in [0.05, 0.1) is 23.4 Å². The molecule has 22 heavy (non-hydrogen) atoms. The van der Waals surface area contributed by atoms with Crippen molar-refractivity contribution >= 4 is 23.1 Å². The predicted molar refractivity (Wildman–Crippen MR) is 86.4 cm³/mol. The highest BCUT2D eigenvalue weighted by atomic mass is 15.1. The standard InChI is InChI=1S/C7H8N4.C7H7N3.CH4/c1-5-6-7(9-3-8-5)11(2)4-10-6;1-5-7-6(2-3-8-7)10-4-9-5;/h3-4H,1-2H3;3-4H,2H2,1H3;1H4. The Hall–Kier alpha value is -2.70. The highest BCUT2D eigenvalue weighted by Gasteiger charge is 2.09. The summed E-state index contributed by atoms with van der Waals surface area (Å²) in [6.45, 7) is 3.88. The molecule has 4 heterocycles. The minimum atomic E-state index is 0. The Morgan fingerprint density at radius 2 is 1.68 bits per heavy atom. The van der Waals surface area contributed by atoms with E-state index in [4.69, 9.17) is 0 Å². The second-order valence-electron chi connectivity index (χ2n) is 4.76. The molecule has 3 aromatic heterocycles. The summed E-state index contributed by atoms with van der Waals surface area (Å²) < 4.78 is 1.88. The van der Waals surface area contributed by atoms with Crippen LogP contribution in [0, 0.1) is 13.8 Å². The van der Waals surface area contributed by atoms with Gasteiger partial charge in [0, 0.05) is 19.7 Å². The molecule has 0 aromatic carbocycles. The van der Waals surface area contributed by atoms with Gasteiger partial charge >= 0.3 is 0 Å². The lowest BCUT2D eigenvalue weighted by atomic mass is 10.3. The monoisotopic (exact) mass is 297 g/mol. The Bertz CT molecular complexity index is 820. The van der Waals surface area contributed by atoms with Crippen molar-refractivity contribution in [2.45, 2.75) is 27.7 Å². The van der Waals surface area contributed by atoms with Crippen LogP contribution in [0.3, 0.4) is 0 Å². The molecule has 1 aliphatic rings. The van der Waals surface area contributed by atoms with E-state index in [2.05, 4.69) is 29.9 Å². The van der Waals surface area contributed by atoms with E-state index in [0.717, 1.165) is 40.4 Å². The average molecular weight is 297 g/mol. The van der Waals surface area contributed by atoms with Gasteiger partial charge in [0.15, 0.2) is 5.65 Å². The summed E-state index contributed by atoms with van der Waals surface area (Å²) >= 11 is 0. The van der Waals surface area contributed by atoms with Gasteiger partial charge in [-0.25, -0.2) is 24.9 Å². The van der Waals surface area contributed by atoms with E-state index in [9.17, 15) is 0 Å². The van der Waals surface area contributed by atoms with E-state index in [0.29, 0.717) is 0 Å². The molecular weight excluding hydrogens is 278 g/mol. The maximum absolute atomic E-state index is 4.16. The van der Waals surface area contributed by atoms with Crippen LogP contribution in [0.15, 0.2) is 24.0 Å². The van der Waals surface area contributed by atoms with Crippen LogP contribution in [0.2, 0.25) is 0 Å². The molecule has 0 bridgehead atoms. The molecule has 0 saturated heterocycles. The summed E-state index contributed by atoms with van der Waals surface area (Å²) in [5, 5.41) is 0. The molecule has 114 valence electrons. The summed E-state index contributed by atoms with van der Waals surface area (Å²) in [5.41, 5.74) is 5.68. The first-order valence-electron chi connectivity index (χ1n) is 6.58. The van der Waals surface area contributed by atoms with Crippen molar-refractivity contribution < 1.29 is 0 Å². The molecule has 1 aliphatic heterocycles. The quantitative estimate of drug-likeness (QED) is 0.636. The summed E-state index contributed by atoms with van der Waals surface area (Å²) in [5.74, 6) is 0. The van der Waals surface area contributed by atoms with Crippen LogP contribution in [0.4, 0.5) is 5.69 Å². The molecule has 0 aliphatic carbocycles. The van der Waals surface area contributed by atoms with Crippen LogP contribution in [0.25, 0.3) is 11.2 Å². The number of aryl methyl sites for hydroxylation is 3. The van der Waals surface area contributed by atoms with E-state index in [1.807, 2.05) is 31.7 Å². The first-order chi connectivity index (χ1) is 10.2. The Morgan fingerprint density at radius 1 is 0.955 bits per heavy atom. The average Bonchev–Trinajstić information content (AvgIpc) is 3.09. The summed E-state index contributed by atoms with van der Waals surface area (Å²) in [6, 6.07) is 0. The van der Waals surface area contributed by atoms with Crippen LogP contribution < -0.4 is 0 Å². The third-order valence-corrected chi connectivity index (χ3v) is 3.27. The van der Waals surface area contributed by atoms with E-state index in [-0.39, 0.29) is 7.43 Å². The maximum Gasteiger partial charge on any atom is 0.163 e. The second-order valence-corrected chi connectivity index (χ2v) is 4.76. The van der Waals surface area contributed by atoms with Gasteiger partial charge in [0.2, 0.25) is 0 Å².